The Balaban J connectivity index is 1.77. The van der Waals surface area contributed by atoms with Gasteiger partial charge < -0.3 is 20.5 Å². The maximum absolute atomic E-state index is 13.5. The Morgan fingerprint density at radius 1 is 1.33 bits per heavy atom. The van der Waals surface area contributed by atoms with Crippen LogP contribution >= 0.6 is 0 Å². The van der Waals surface area contributed by atoms with Crippen LogP contribution in [0.5, 0.6) is 5.88 Å². The van der Waals surface area contributed by atoms with Crippen molar-refractivity contribution < 1.29 is 36.6 Å². The van der Waals surface area contributed by atoms with E-state index in [1.165, 1.54) is 18.3 Å². The molecule has 152 valence electrons. The Morgan fingerprint density at radius 2 is 2.00 bits per heavy atom. The number of urea groups is 1. The van der Waals surface area contributed by atoms with Gasteiger partial charge in [-0.25, -0.2) is 18.6 Å². The molecule has 1 heterocycles. The molecule has 1 aliphatic carbocycles. The quantitative estimate of drug-likeness (QED) is 0.589. The number of carbonyl (C=O) groups is 1. The summed E-state index contributed by atoms with van der Waals surface area (Å²) in [7, 11) is 0. The number of aliphatic hydroxyl groups is 1. The Hall–Kier alpha value is -2.17. The average Bonchev–Trinajstić information content (AvgIpc) is 3.37. The highest BCUT2D eigenvalue weighted by Gasteiger charge is 2.63. The number of alkyl halides is 5. The molecular formula is C16H20F5N3O3. The van der Waals surface area contributed by atoms with Gasteiger partial charge in [0.05, 0.1) is 11.5 Å². The molecule has 1 atom stereocenters. The van der Waals surface area contributed by atoms with E-state index in [2.05, 4.69) is 20.4 Å². The van der Waals surface area contributed by atoms with Gasteiger partial charge in [0.25, 0.3) is 5.92 Å². The van der Waals surface area contributed by atoms with Crippen LogP contribution < -0.4 is 15.4 Å². The average molecular weight is 397 g/mol. The van der Waals surface area contributed by atoms with Crippen LogP contribution in [0.25, 0.3) is 0 Å². The van der Waals surface area contributed by atoms with Crippen molar-refractivity contribution in [3.05, 3.63) is 23.9 Å². The molecule has 1 saturated carbocycles. The molecule has 1 aliphatic rings. The number of amides is 2. The number of nitrogens with one attached hydrogen (secondary N) is 2. The molecule has 2 amide bonds. The van der Waals surface area contributed by atoms with Gasteiger partial charge in [-0.1, -0.05) is 0 Å². The standard InChI is InChI=1S/C16H20F5N3O3/c1-14(17,18)15(3-4-15)11(25)8-24-13(26)23-7-10-2-5-22-12(6-10)27-9-16(19,20)21/h2,5-6,11,25H,3-4,7-9H2,1H3,(H2,23,24,26). The SMILES string of the molecule is CC(F)(F)C1(C(O)CNC(=O)NCc2ccnc(OCC(F)(F)F)c2)CC1. The van der Waals surface area contributed by atoms with Gasteiger partial charge in [-0.05, 0) is 24.5 Å². The minimum absolute atomic E-state index is 0.0537. The van der Waals surface area contributed by atoms with Crippen LogP contribution in [-0.2, 0) is 6.54 Å². The highest BCUT2D eigenvalue weighted by molar-refractivity contribution is 5.73. The van der Waals surface area contributed by atoms with Crippen LogP contribution in [-0.4, -0.2) is 47.5 Å². The second-order valence-corrected chi connectivity index (χ2v) is 6.53. The number of hydrogen-bond donors (Lipinski definition) is 3. The summed E-state index contributed by atoms with van der Waals surface area (Å²) in [6.07, 6.45) is -4.29. The summed E-state index contributed by atoms with van der Waals surface area (Å²) >= 11 is 0. The molecule has 0 aromatic carbocycles. The van der Waals surface area contributed by atoms with Gasteiger partial charge in [0.1, 0.15) is 0 Å². The monoisotopic (exact) mass is 397 g/mol. The van der Waals surface area contributed by atoms with E-state index in [9.17, 15) is 31.9 Å². The number of pyridine rings is 1. The van der Waals surface area contributed by atoms with Gasteiger partial charge in [-0.15, -0.1) is 0 Å². The molecular weight excluding hydrogens is 377 g/mol. The lowest BCUT2D eigenvalue weighted by molar-refractivity contribution is -0.154. The van der Waals surface area contributed by atoms with Crippen LogP contribution in [0.4, 0.5) is 26.7 Å². The molecule has 1 unspecified atom stereocenters. The second kappa shape index (κ2) is 7.83. The molecule has 0 radical (unpaired) electrons. The molecule has 0 saturated heterocycles. The van der Waals surface area contributed by atoms with E-state index in [0.717, 1.165) is 6.92 Å². The van der Waals surface area contributed by atoms with E-state index in [-0.39, 0.29) is 31.8 Å². The molecule has 0 spiro atoms. The smallest absolute Gasteiger partial charge is 0.422 e. The number of nitrogens with zero attached hydrogens (tertiary/aromatic N) is 1. The zero-order valence-corrected chi connectivity index (χ0v) is 14.4. The summed E-state index contributed by atoms with van der Waals surface area (Å²) in [5, 5.41) is 14.6. The molecule has 1 aromatic rings. The first-order valence-corrected chi connectivity index (χ1v) is 8.15. The van der Waals surface area contributed by atoms with Crippen molar-refractivity contribution in [2.24, 2.45) is 5.41 Å². The Kier molecular flexibility index (Phi) is 6.13. The third-order valence-corrected chi connectivity index (χ3v) is 4.39. The molecule has 2 rings (SSSR count). The van der Waals surface area contributed by atoms with Crippen LogP contribution in [0.15, 0.2) is 18.3 Å². The number of halogens is 5. The Morgan fingerprint density at radius 3 is 2.56 bits per heavy atom. The van der Waals surface area contributed by atoms with E-state index in [1.807, 2.05) is 0 Å². The van der Waals surface area contributed by atoms with Gasteiger partial charge in [0.2, 0.25) is 5.88 Å². The second-order valence-electron chi connectivity index (χ2n) is 6.53. The van der Waals surface area contributed by atoms with Crippen molar-refractivity contribution in [1.29, 1.82) is 0 Å². The highest BCUT2D eigenvalue weighted by atomic mass is 19.4. The summed E-state index contributed by atoms with van der Waals surface area (Å²) in [5.41, 5.74) is -1.08. The first kappa shape index (κ1) is 21.1. The number of ether oxygens (including phenoxy) is 1. The summed E-state index contributed by atoms with van der Waals surface area (Å²) < 4.78 is 67.9. The van der Waals surface area contributed by atoms with Crippen molar-refractivity contribution in [2.75, 3.05) is 13.2 Å². The van der Waals surface area contributed by atoms with E-state index >= 15 is 0 Å². The summed E-state index contributed by atoms with van der Waals surface area (Å²) in [4.78, 5) is 15.4. The third-order valence-electron chi connectivity index (χ3n) is 4.39. The third kappa shape index (κ3) is 5.91. The molecule has 27 heavy (non-hydrogen) atoms. The van der Waals surface area contributed by atoms with Gasteiger partial charge in [-0.3, -0.25) is 0 Å². The van der Waals surface area contributed by atoms with Gasteiger partial charge in [0.15, 0.2) is 6.61 Å². The molecule has 11 heteroatoms. The fraction of sp³-hybridized carbons (Fsp3) is 0.625. The lowest BCUT2D eigenvalue weighted by Crippen LogP contribution is -2.46. The zero-order valence-electron chi connectivity index (χ0n) is 14.4. The number of aromatic nitrogens is 1. The predicted octanol–water partition coefficient (Wildman–Crippen LogP) is 2.62. The lowest BCUT2D eigenvalue weighted by Gasteiger charge is -2.28. The number of rotatable bonds is 8. The molecule has 1 fully saturated rings. The summed E-state index contributed by atoms with van der Waals surface area (Å²) in [5.74, 6) is -3.29. The number of carbonyl (C=O) groups excluding carboxylic acids is 1. The molecule has 3 N–H and O–H groups in total. The van der Waals surface area contributed by atoms with Gasteiger partial charge in [-0.2, -0.15) is 13.2 Å². The Labute approximate surface area is 152 Å². The van der Waals surface area contributed by atoms with Crippen LogP contribution in [0.2, 0.25) is 0 Å². The molecule has 6 nitrogen and oxygen atoms in total. The minimum atomic E-state index is -4.50. The number of aliphatic hydroxyl groups excluding tert-OH is 1. The van der Waals surface area contributed by atoms with E-state index in [4.69, 9.17) is 0 Å². The maximum Gasteiger partial charge on any atom is 0.422 e. The van der Waals surface area contributed by atoms with Crippen molar-refractivity contribution in [2.45, 2.75) is 44.5 Å². The summed E-state index contributed by atoms with van der Waals surface area (Å²) in [6.45, 7) is -1.14. The number of hydrogen-bond acceptors (Lipinski definition) is 4. The molecule has 1 aromatic heterocycles. The van der Waals surface area contributed by atoms with Crippen LogP contribution in [0.1, 0.15) is 25.3 Å². The summed E-state index contributed by atoms with van der Waals surface area (Å²) in [6, 6.07) is 1.99. The first-order chi connectivity index (χ1) is 12.4. The van der Waals surface area contributed by atoms with Gasteiger partial charge >= 0.3 is 12.2 Å². The Bertz CT molecular complexity index is 659. The highest BCUT2D eigenvalue weighted by Crippen LogP contribution is 2.58. The van der Waals surface area contributed by atoms with Crippen LogP contribution in [0, 0.1) is 5.41 Å². The van der Waals surface area contributed by atoms with Crippen LogP contribution in [0.3, 0.4) is 0 Å². The maximum atomic E-state index is 13.5. The van der Waals surface area contributed by atoms with E-state index in [1.54, 1.807) is 0 Å². The topological polar surface area (TPSA) is 83.5 Å². The van der Waals surface area contributed by atoms with E-state index < -0.39 is 36.3 Å². The minimum Gasteiger partial charge on any atom is -0.468 e. The normalized spacial score (nSPS) is 17.1. The van der Waals surface area contributed by atoms with E-state index in [0.29, 0.717) is 5.56 Å². The first-order valence-electron chi connectivity index (χ1n) is 8.15. The lowest BCUT2D eigenvalue weighted by atomic mass is 9.92. The van der Waals surface area contributed by atoms with Gasteiger partial charge in [0, 0.05) is 32.3 Å². The molecule has 0 bridgehead atoms. The van der Waals surface area contributed by atoms with Crippen molar-refractivity contribution in [3.8, 4) is 5.88 Å². The van der Waals surface area contributed by atoms with Crippen molar-refractivity contribution >= 4 is 6.03 Å². The fourth-order valence-corrected chi connectivity index (χ4v) is 2.62. The van der Waals surface area contributed by atoms with Crippen molar-refractivity contribution in [1.82, 2.24) is 15.6 Å². The van der Waals surface area contributed by atoms with Crippen molar-refractivity contribution in [3.63, 3.8) is 0 Å². The predicted molar refractivity (Wildman–Crippen MR) is 84.3 cm³/mol. The largest absolute Gasteiger partial charge is 0.468 e. The molecule has 0 aliphatic heterocycles. The zero-order chi connectivity index (χ0) is 20.3. The fourth-order valence-electron chi connectivity index (χ4n) is 2.62.